The van der Waals surface area contributed by atoms with E-state index in [0.29, 0.717) is 24.7 Å². The number of aromatic nitrogens is 1. The molecule has 2 heterocycles. The van der Waals surface area contributed by atoms with Crippen LogP contribution in [0.5, 0.6) is 5.88 Å². The Hall–Kier alpha value is -2.40. The summed E-state index contributed by atoms with van der Waals surface area (Å²) in [6.45, 7) is 8.96. The van der Waals surface area contributed by atoms with Crippen molar-refractivity contribution >= 4 is 5.91 Å². The zero-order chi connectivity index (χ0) is 18.7. The molecule has 0 spiro atoms. The molecule has 1 aliphatic heterocycles. The van der Waals surface area contributed by atoms with Gasteiger partial charge >= 0.3 is 0 Å². The average molecular weight is 354 g/mol. The molecule has 1 saturated heterocycles. The summed E-state index contributed by atoms with van der Waals surface area (Å²) < 4.78 is 11.6. The van der Waals surface area contributed by atoms with Gasteiger partial charge in [0.05, 0.1) is 25.3 Å². The molecule has 2 atom stereocenters. The van der Waals surface area contributed by atoms with Crippen LogP contribution in [-0.2, 0) is 4.74 Å². The summed E-state index contributed by atoms with van der Waals surface area (Å²) in [6, 6.07) is 13.5. The van der Waals surface area contributed by atoms with E-state index < -0.39 is 0 Å². The van der Waals surface area contributed by atoms with Crippen LogP contribution in [0.3, 0.4) is 0 Å². The van der Waals surface area contributed by atoms with Gasteiger partial charge in [-0.2, -0.15) is 0 Å². The first-order chi connectivity index (χ1) is 12.5. The van der Waals surface area contributed by atoms with Crippen molar-refractivity contribution in [3.05, 3.63) is 59.3 Å². The Morgan fingerprint density at radius 2 is 2.00 bits per heavy atom. The van der Waals surface area contributed by atoms with Crippen LogP contribution in [0.25, 0.3) is 0 Å². The minimum atomic E-state index is -0.119. The Labute approximate surface area is 155 Å². The molecule has 0 aliphatic carbocycles. The Balaban J connectivity index is 1.80. The first-order valence-corrected chi connectivity index (χ1v) is 9.07. The second kappa shape index (κ2) is 7.87. The minimum absolute atomic E-state index is 0.000702. The van der Waals surface area contributed by atoms with Gasteiger partial charge in [-0.25, -0.2) is 4.98 Å². The molecule has 1 aliphatic rings. The number of hydrogen-bond donors (Lipinski definition) is 0. The van der Waals surface area contributed by atoms with Crippen LogP contribution >= 0.6 is 0 Å². The van der Waals surface area contributed by atoms with Gasteiger partial charge in [0, 0.05) is 6.07 Å². The quantitative estimate of drug-likeness (QED) is 0.838. The summed E-state index contributed by atoms with van der Waals surface area (Å²) in [5, 5.41) is 0. The van der Waals surface area contributed by atoms with Gasteiger partial charge in [0.15, 0.2) is 0 Å². The summed E-state index contributed by atoms with van der Waals surface area (Å²) in [5.74, 6) is 0.385. The number of carbonyl (C=O) groups excluding carboxylic acids is 1. The van der Waals surface area contributed by atoms with E-state index in [1.165, 1.54) is 5.56 Å². The molecule has 0 radical (unpaired) electrons. The molecule has 1 fully saturated rings. The minimum Gasteiger partial charge on any atom is -0.475 e. The van der Waals surface area contributed by atoms with E-state index in [9.17, 15) is 4.79 Å². The molecule has 2 unspecified atom stereocenters. The summed E-state index contributed by atoms with van der Waals surface area (Å²) in [7, 11) is 0. The van der Waals surface area contributed by atoms with E-state index in [2.05, 4.69) is 24.0 Å². The number of hydrogen-bond acceptors (Lipinski definition) is 4. The lowest BCUT2D eigenvalue weighted by atomic mass is 10.0. The first kappa shape index (κ1) is 18.4. The van der Waals surface area contributed by atoms with Gasteiger partial charge in [-0.05, 0) is 44.9 Å². The Bertz CT molecular complexity index is 775. The maximum Gasteiger partial charge on any atom is 0.273 e. The number of aryl methyl sites for hydroxylation is 1. The predicted molar refractivity (Wildman–Crippen MR) is 100 cm³/mol. The van der Waals surface area contributed by atoms with Gasteiger partial charge in [0.25, 0.3) is 5.91 Å². The Kier molecular flexibility index (Phi) is 5.57. The number of carbonyl (C=O) groups is 1. The van der Waals surface area contributed by atoms with Crippen LogP contribution in [-0.4, -0.2) is 41.1 Å². The molecule has 5 heteroatoms. The highest BCUT2D eigenvalue weighted by atomic mass is 16.5. The van der Waals surface area contributed by atoms with Gasteiger partial charge in [-0.1, -0.05) is 30.3 Å². The van der Waals surface area contributed by atoms with E-state index in [1.807, 2.05) is 43.9 Å². The Morgan fingerprint density at radius 1 is 1.23 bits per heavy atom. The zero-order valence-electron chi connectivity index (χ0n) is 15.8. The zero-order valence-corrected chi connectivity index (χ0v) is 15.8. The highest BCUT2D eigenvalue weighted by Gasteiger charge is 2.32. The summed E-state index contributed by atoms with van der Waals surface area (Å²) in [5.41, 5.74) is 2.70. The molecule has 1 aromatic carbocycles. The molecule has 0 bridgehead atoms. The van der Waals surface area contributed by atoms with Gasteiger partial charge in [0.2, 0.25) is 5.88 Å². The smallest absolute Gasteiger partial charge is 0.273 e. The van der Waals surface area contributed by atoms with Crippen LogP contribution in [0.2, 0.25) is 0 Å². The number of nitrogens with zero attached hydrogens (tertiary/aromatic N) is 2. The topological polar surface area (TPSA) is 51.7 Å². The summed E-state index contributed by atoms with van der Waals surface area (Å²) in [4.78, 5) is 19.3. The van der Waals surface area contributed by atoms with Crippen LogP contribution in [0, 0.1) is 6.92 Å². The third kappa shape index (κ3) is 4.05. The third-order valence-corrected chi connectivity index (χ3v) is 4.53. The number of ether oxygens (including phenoxy) is 2. The molecule has 2 aromatic rings. The fraction of sp³-hybridized carbons (Fsp3) is 0.429. The monoisotopic (exact) mass is 354 g/mol. The average Bonchev–Trinajstić information content (AvgIpc) is 2.62. The van der Waals surface area contributed by atoms with Crippen molar-refractivity contribution in [3.8, 4) is 5.88 Å². The van der Waals surface area contributed by atoms with Gasteiger partial charge in [-0.15, -0.1) is 0 Å². The lowest BCUT2D eigenvalue weighted by Gasteiger charge is -2.38. The summed E-state index contributed by atoms with van der Waals surface area (Å²) >= 11 is 0. The standard InChI is InChI=1S/C21H26N2O3/c1-14(2)26-20-11-7-10-18(22-20)21(24)23-12-19(25-13-16(23)4)17-9-6-5-8-15(17)3/h5-11,14,16,19H,12-13H2,1-4H3. The fourth-order valence-corrected chi connectivity index (χ4v) is 3.16. The van der Waals surface area contributed by atoms with Crippen molar-refractivity contribution in [2.24, 2.45) is 0 Å². The molecule has 138 valence electrons. The predicted octanol–water partition coefficient (Wildman–Crippen LogP) is 3.78. The largest absolute Gasteiger partial charge is 0.475 e. The molecule has 1 amide bonds. The number of pyridine rings is 1. The van der Waals surface area contributed by atoms with Crippen LogP contribution in [0.15, 0.2) is 42.5 Å². The van der Waals surface area contributed by atoms with Crippen molar-refractivity contribution in [2.75, 3.05) is 13.2 Å². The molecule has 26 heavy (non-hydrogen) atoms. The maximum atomic E-state index is 13.1. The molecule has 1 aromatic heterocycles. The van der Waals surface area contributed by atoms with Crippen LogP contribution in [0.1, 0.15) is 48.5 Å². The number of benzene rings is 1. The Morgan fingerprint density at radius 3 is 2.73 bits per heavy atom. The van der Waals surface area contributed by atoms with Crippen molar-refractivity contribution in [1.82, 2.24) is 9.88 Å². The van der Waals surface area contributed by atoms with E-state index in [1.54, 1.807) is 12.1 Å². The number of rotatable bonds is 4. The molecular formula is C21H26N2O3. The van der Waals surface area contributed by atoms with E-state index in [-0.39, 0.29) is 24.2 Å². The van der Waals surface area contributed by atoms with E-state index in [4.69, 9.17) is 9.47 Å². The third-order valence-electron chi connectivity index (χ3n) is 4.53. The van der Waals surface area contributed by atoms with Gasteiger partial charge < -0.3 is 14.4 Å². The highest BCUT2D eigenvalue weighted by Crippen LogP contribution is 2.28. The fourth-order valence-electron chi connectivity index (χ4n) is 3.16. The van der Waals surface area contributed by atoms with E-state index >= 15 is 0 Å². The van der Waals surface area contributed by atoms with Crippen LogP contribution in [0.4, 0.5) is 0 Å². The lowest BCUT2D eigenvalue weighted by Crippen LogP contribution is -2.48. The second-order valence-corrected chi connectivity index (χ2v) is 7.01. The van der Waals surface area contributed by atoms with Crippen LogP contribution < -0.4 is 4.74 Å². The second-order valence-electron chi connectivity index (χ2n) is 7.01. The normalized spacial score (nSPS) is 20.3. The molecule has 0 saturated carbocycles. The molecule has 0 N–H and O–H groups in total. The maximum absolute atomic E-state index is 13.1. The SMILES string of the molecule is Cc1ccccc1C1CN(C(=O)c2cccc(OC(C)C)n2)C(C)CO1. The molecule has 5 nitrogen and oxygen atoms in total. The molecular weight excluding hydrogens is 328 g/mol. The highest BCUT2D eigenvalue weighted by molar-refractivity contribution is 5.92. The van der Waals surface area contributed by atoms with Crippen molar-refractivity contribution < 1.29 is 14.3 Å². The van der Waals surface area contributed by atoms with Crippen molar-refractivity contribution in [1.29, 1.82) is 0 Å². The number of morpholine rings is 1. The molecule has 3 rings (SSSR count). The van der Waals surface area contributed by atoms with E-state index in [0.717, 1.165) is 5.56 Å². The van der Waals surface area contributed by atoms with Crippen molar-refractivity contribution in [3.63, 3.8) is 0 Å². The summed E-state index contributed by atoms with van der Waals surface area (Å²) in [6.07, 6.45) is -0.105. The van der Waals surface area contributed by atoms with Crippen molar-refractivity contribution in [2.45, 2.75) is 45.9 Å². The first-order valence-electron chi connectivity index (χ1n) is 9.07. The lowest BCUT2D eigenvalue weighted by molar-refractivity contribution is -0.0491. The van der Waals surface area contributed by atoms with Gasteiger partial charge in [0.1, 0.15) is 11.8 Å². The number of amides is 1. The van der Waals surface area contributed by atoms with Gasteiger partial charge in [-0.3, -0.25) is 4.79 Å².